The summed E-state index contributed by atoms with van der Waals surface area (Å²) in [6, 6.07) is 3.57. The summed E-state index contributed by atoms with van der Waals surface area (Å²) in [5.41, 5.74) is 0.291. The number of benzene rings is 1. The van der Waals surface area contributed by atoms with Crippen molar-refractivity contribution in [2.24, 2.45) is 0 Å². The third-order valence-electron chi connectivity index (χ3n) is 2.78. The van der Waals surface area contributed by atoms with Crippen molar-refractivity contribution in [2.45, 2.75) is 18.2 Å². The van der Waals surface area contributed by atoms with Crippen LogP contribution >= 0.6 is 0 Å². The second-order valence-corrected chi connectivity index (χ2v) is 6.09. The lowest BCUT2D eigenvalue weighted by Crippen LogP contribution is -2.32. The number of aliphatic hydroxyl groups excluding tert-OH is 2. The molecule has 0 aromatic heterocycles. The SMILES string of the molecule is CCN(CCCO)S(=O)(=O)c1ccc(C#CCO)cc1F. The molecule has 1 aromatic rings. The predicted octanol–water partition coefficient (Wildman–Crippen LogP) is 0.562. The van der Waals surface area contributed by atoms with Crippen LogP contribution in [-0.4, -0.2) is 49.2 Å². The van der Waals surface area contributed by atoms with Crippen LogP contribution in [0.3, 0.4) is 0 Å². The van der Waals surface area contributed by atoms with Crippen LogP contribution in [-0.2, 0) is 10.0 Å². The smallest absolute Gasteiger partial charge is 0.245 e. The van der Waals surface area contributed by atoms with E-state index >= 15 is 0 Å². The number of rotatable bonds is 6. The molecule has 0 saturated heterocycles. The second kappa shape index (κ2) is 8.10. The van der Waals surface area contributed by atoms with Crippen LogP contribution in [0.25, 0.3) is 0 Å². The molecule has 0 bridgehead atoms. The molecule has 2 N–H and O–H groups in total. The van der Waals surface area contributed by atoms with Crippen molar-refractivity contribution in [3.63, 3.8) is 0 Å². The lowest BCUT2D eigenvalue weighted by molar-refractivity contribution is 0.271. The highest BCUT2D eigenvalue weighted by atomic mass is 32.2. The van der Waals surface area contributed by atoms with Crippen LogP contribution in [0.4, 0.5) is 4.39 Å². The standard InChI is InChI=1S/C14H18FNO4S/c1-2-16(8-4-10-18)21(19,20)14-7-6-12(5-3-9-17)11-13(14)15/h6-7,11,17-18H,2,4,8-10H2,1H3. The van der Waals surface area contributed by atoms with Crippen LogP contribution in [0.15, 0.2) is 23.1 Å². The Labute approximate surface area is 124 Å². The van der Waals surface area contributed by atoms with Gasteiger partial charge in [0.25, 0.3) is 0 Å². The van der Waals surface area contributed by atoms with Crippen LogP contribution in [0.1, 0.15) is 18.9 Å². The van der Waals surface area contributed by atoms with Crippen LogP contribution in [0.2, 0.25) is 0 Å². The predicted molar refractivity (Wildman–Crippen MR) is 76.5 cm³/mol. The first-order valence-electron chi connectivity index (χ1n) is 6.47. The molecule has 0 radical (unpaired) electrons. The Hall–Kier alpha value is -1.46. The van der Waals surface area contributed by atoms with E-state index < -0.39 is 20.7 Å². The first kappa shape index (κ1) is 17.6. The zero-order valence-electron chi connectivity index (χ0n) is 11.7. The zero-order valence-corrected chi connectivity index (χ0v) is 12.5. The molecule has 0 aliphatic rings. The van der Waals surface area contributed by atoms with Gasteiger partial charge in [0, 0.05) is 25.3 Å². The number of nitrogens with zero attached hydrogens (tertiary/aromatic N) is 1. The minimum atomic E-state index is -3.94. The molecule has 21 heavy (non-hydrogen) atoms. The summed E-state index contributed by atoms with van der Waals surface area (Å²) in [5, 5.41) is 17.4. The van der Waals surface area contributed by atoms with Crippen molar-refractivity contribution in [3.05, 3.63) is 29.6 Å². The Kier molecular flexibility index (Phi) is 6.78. The lowest BCUT2D eigenvalue weighted by Gasteiger charge is -2.20. The molecule has 116 valence electrons. The fourth-order valence-corrected chi connectivity index (χ4v) is 3.30. The van der Waals surface area contributed by atoms with E-state index in [1.807, 2.05) is 0 Å². The van der Waals surface area contributed by atoms with Gasteiger partial charge in [-0.1, -0.05) is 18.8 Å². The fourth-order valence-electron chi connectivity index (χ4n) is 1.76. The molecule has 0 atom stereocenters. The van der Waals surface area contributed by atoms with Gasteiger partial charge in [0.1, 0.15) is 17.3 Å². The Morgan fingerprint density at radius 3 is 2.57 bits per heavy atom. The van der Waals surface area contributed by atoms with Gasteiger partial charge in [0.05, 0.1) is 0 Å². The van der Waals surface area contributed by atoms with E-state index in [1.54, 1.807) is 6.92 Å². The van der Waals surface area contributed by atoms with E-state index in [9.17, 15) is 12.8 Å². The minimum absolute atomic E-state index is 0.126. The molecule has 5 nitrogen and oxygen atoms in total. The highest BCUT2D eigenvalue weighted by Gasteiger charge is 2.25. The van der Waals surface area contributed by atoms with E-state index in [0.29, 0.717) is 5.56 Å². The molecule has 0 aliphatic carbocycles. The van der Waals surface area contributed by atoms with Crippen LogP contribution in [0, 0.1) is 17.7 Å². The first-order chi connectivity index (χ1) is 9.97. The summed E-state index contributed by atoms with van der Waals surface area (Å²) < 4.78 is 39.8. The molecule has 0 amide bonds. The maximum atomic E-state index is 14.0. The highest BCUT2D eigenvalue weighted by molar-refractivity contribution is 7.89. The van der Waals surface area contributed by atoms with Gasteiger partial charge >= 0.3 is 0 Å². The van der Waals surface area contributed by atoms with Gasteiger partial charge in [0.2, 0.25) is 10.0 Å². The van der Waals surface area contributed by atoms with Crippen LogP contribution in [0.5, 0.6) is 0 Å². The van der Waals surface area contributed by atoms with Crippen molar-refractivity contribution < 1.29 is 23.0 Å². The van der Waals surface area contributed by atoms with Gasteiger partial charge in [-0.25, -0.2) is 12.8 Å². The van der Waals surface area contributed by atoms with Crippen LogP contribution < -0.4 is 0 Å². The quantitative estimate of drug-likeness (QED) is 0.752. The van der Waals surface area contributed by atoms with E-state index in [1.165, 1.54) is 6.07 Å². The van der Waals surface area contributed by atoms with Crippen molar-refractivity contribution >= 4 is 10.0 Å². The summed E-state index contributed by atoms with van der Waals surface area (Å²) in [6.07, 6.45) is 0.286. The highest BCUT2D eigenvalue weighted by Crippen LogP contribution is 2.20. The maximum Gasteiger partial charge on any atom is 0.245 e. The van der Waals surface area contributed by atoms with E-state index in [2.05, 4.69) is 11.8 Å². The number of sulfonamides is 1. The third kappa shape index (κ3) is 4.51. The van der Waals surface area contributed by atoms with Crippen molar-refractivity contribution in [1.82, 2.24) is 4.31 Å². The third-order valence-corrected chi connectivity index (χ3v) is 4.79. The average Bonchev–Trinajstić information content (AvgIpc) is 2.45. The monoisotopic (exact) mass is 315 g/mol. The van der Waals surface area contributed by atoms with E-state index in [-0.39, 0.29) is 32.7 Å². The fraction of sp³-hybridized carbons (Fsp3) is 0.429. The summed E-state index contributed by atoms with van der Waals surface area (Å²) in [6.45, 7) is 1.47. The molecule has 7 heteroatoms. The summed E-state index contributed by atoms with van der Waals surface area (Å²) in [7, 11) is -3.94. The number of hydrogen-bond acceptors (Lipinski definition) is 4. The number of hydrogen-bond donors (Lipinski definition) is 2. The maximum absolute atomic E-state index is 14.0. The Morgan fingerprint density at radius 2 is 2.05 bits per heavy atom. The number of halogens is 1. The molecule has 0 fully saturated rings. The molecule has 1 aromatic carbocycles. The number of aliphatic hydroxyl groups is 2. The summed E-state index contributed by atoms with van der Waals surface area (Å²) in [5.74, 6) is 3.99. The van der Waals surface area contributed by atoms with Gasteiger partial charge in [-0.2, -0.15) is 4.31 Å². The Balaban J connectivity index is 3.13. The summed E-state index contributed by atoms with van der Waals surface area (Å²) >= 11 is 0. The average molecular weight is 315 g/mol. The van der Waals surface area contributed by atoms with Gasteiger partial charge in [-0.05, 0) is 24.6 Å². The molecule has 0 heterocycles. The zero-order chi connectivity index (χ0) is 15.9. The Bertz CT molecular complexity index is 634. The van der Waals surface area contributed by atoms with Crippen molar-refractivity contribution in [2.75, 3.05) is 26.3 Å². The molecule has 0 saturated carbocycles. The van der Waals surface area contributed by atoms with Gasteiger partial charge < -0.3 is 10.2 Å². The summed E-state index contributed by atoms with van der Waals surface area (Å²) in [4.78, 5) is -0.420. The van der Waals surface area contributed by atoms with Crippen molar-refractivity contribution in [1.29, 1.82) is 0 Å². The molecular formula is C14H18FNO4S. The molecular weight excluding hydrogens is 297 g/mol. The minimum Gasteiger partial charge on any atom is -0.396 e. The van der Waals surface area contributed by atoms with Gasteiger partial charge in [-0.3, -0.25) is 0 Å². The second-order valence-electron chi connectivity index (χ2n) is 4.18. The van der Waals surface area contributed by atoms with Gasteiger partial charge in [-0.15, -0.1) is 0 Å². The largest absolute Gasteiger partial charge is 0.396 e. The lowest BCUT2D eigenvalue weighted by atomic mass is 10.2. The normalized spacial score (nSPS) is 11.3. The molecule has 0 unspecified atom stereocenters. The van der Waals surface area contributed by atoms with Gasteiger partial charge in [0.15, 0.2) is 0 Å². The van der Waals surface area contributed by atoms with E-state index in [4.69, 9.17) is 10.2 Å². The van der Waals surface area contributed by atoms with Crippen molar-refractivity contribution in [3.8, 4) is 11.8 Å². The topological polar surface area (TPSA) is 77.8 Å². The Morgan fingerprint density at radius 1 is 1.33 bits per heavy atom. The first-order valence-corrected chi connectivity index (χ1v) is 7.91. The molecule has 0 spiro atoms. The molecule has 0 aliphatic heterocycles. The van der Waals surface area contributed by atoms with E-state index in [0.717, 1.165) is 16.4 Å². The molecule has 1 rings (SSSR count).